The quantitative estimate of drug-likeness (QED) is 0.746. The molecule has 22 heavy (non-hydrogen) atoms. The molecule has 0 saturated heterocycles. The number of rotatable bonds is 4. The molecule has 0 amide bonds. The highest BCUT2D eigenvalue weighted by atomic mass is 32.2. The number of alkyl halides is 3. The second kappa shape index (κ2) is 5.59. The number of aromatic amines is 1. The molecule has 0 fully saturated rings. The highest BCUT2D eigenvalue weighted by Crippen LogP contribution is 2.24. The van der Waals surface area contributed by atoms with Crippen LogP contribution < -0.4 is 0 Å². The molecule has 2 aromatic heterocycles. The van der Waals surface area contributed by atoms with Gasteiger partial charge in [-0.2, -0.15) is 13.2 Å². The van der Waals surface area contributed by atoms with Crippen LogP contribution in [0.4, 0.5) is 13.2 Å². The first-order chi connectivity index (χ1) is 10.4. The van der Waals surface area contributed by atoms with Crippen LogP contribution in [-0.2, 0) is 12.3 Å². The third-order valence-electron chi connectivity index (χ3n) is 2.86. The van der Waals surface area contributed by atoms with E-state index in [0.717, 1.165) is 38.9 Å². The molecule has 1 N–H and O–H groups in total. The predicted molar refractivity (Wildman–Crippen MR) is 74.3 cm³/mol. The number of imidazole rings is 1. The lowest BCUT2D eigenvalue weighted by Gasteiger charge is -2.07. The molecular weight excluding hydrogens is 317 g/mol. The summed E-state index contributed by atoms with van der Waals surface area (Å²) in [5.74, 6) is 1.28. The van der Waals surface area contributed by atoms with Crippen molar-refractivity contribution >= 4 is 22.8 Å². The molecule has 6 nitrogen and oxygen atoms in total. The standard InChI is InChI=1S/C12H11F3N6S/c1-7-16-9-3-2-8(4-10(9)17-7)5-22-11-18-19-20-21(11)6-12(13,14)15/h2-4H,5-6H2,1H3,(H,16,17). The summed E-state index contributed by atoms with van der Waals surface area (Å²) < 4.78 is 38.0. The molecule has 0 aliphatic heterocycles. The molecule has 0 bridgehead atoms. The number of nitrogens with zero attached hydrogens (tertiary/aromatic N) is 5. The van der Waals surface area contributed by atoms with Gasteiger partial charge >= 0.3 is 6.18 Å². The van der Waals surface area contributed by atoms with Crippen LogP contribution in [0.1, 0.15) is 11.4 Å². The lowest BCUT2D eigenvalue weighted by molar-refractivity contribution is -0.144. The fraction of sp³-hybridized carbons (Fsp3) is 0.333. The summed E-state index contributed by atoms with van der Waals surface area (Å²) in [6.45, 7) is 0.667. The van der Waals surface area contributed by atoms with E-state index in [1.807, 2.05) is 25.1 Å². The number of benzene rings is 1. The van der Waals surface area contributed by atoms with E-state index in [9.17, 15) is 13.2 Å². The van der Waals surface area contributed by atoms with E-state index >= 15 is 0 Å². The van der Waals surface area contributed by atoms with Crippen LogP contribution in [0, 0.1) is 6.92 Å². The zero-order valence-corrected chi connectivity index (χ0v) is 12.2. The summed E-state index contributed by atoms with van der Waals surface area (Å²) >= 11 is 1.16. The maximum Gasteiger partial charge on any atom is 0.408 e. The normalized spacial score (nSPS) is 12.2. The molecule has 0 radical (unpaired) electrons. The number of hydrogen-bond acceptors (Lipinski definition) is 5. The zero-order valence-electron chi connectivity index (χ0n) is 11.4. The average Bonchev–Trinajstić information content (AvgIpc) is 2.99. The van der Waals surface area contributed by atoms with E-state index in [1.165, 1.54) is 0 Å². The van der Waals surface area contributed by atoms with Crippen molar-refractivity contribution in [2.24, 2.45) is 0 Å². The van der Waals surface area contributed by atoms with Crippen LogP contribution in [0.5, 0.6) is 0 Å². The Morgan fingerprint density at radius 2 is 2.14 bits per heavy atom. The number of aromatic nitrogens is 6. The Kier molecular flexibility index (Phi) is 3.77. The third-order valence-corrected chi connectivity index (χ3v) is 3.89. The Morgan fingerprint density at radius 1 is 1.32 bits per heavy atom. The topological polar surface area (TPSA) is 72.3 Å². The number of thioether (sulfide) groups is 1. The van der Waals surface area contributed by atoms with Crippen molar-refractivity contribution < 1.29 is 13.2 Å². The summed E-state index contributed by atoms with van der Waals surface area (Å²) in [6.07, 6.45) is -4.35. The zero-order chi connectivity index (χ0) is 15.7. The SMILES string of the molecule is Cc1nc2ccc(CSc3nnnn3CC(F)(F)F)cc2[nH]1. The summed E-state index contributed by atoms with van der Waals surface area (Å²) in [5.41, 5.74) is 2.70. The van der Waals surface area contributed by atoms with E-state index in [2.05, 4.69) is 25.5 Å². The van der Waals surface area contributed by atoms with E-state index in [1.54, 1.807) is 0 Å². The van der Waals surface area contributed by atoms with Crippen molar-refractivity contribution in [2.45, 2.75) is 30.6 Å². The van der Waals surface area contributed by atoms with Crippen LogP contribution >= 0.6 is 11.8 Å². The van der Waals surface area contributed by atoms with Crippen molar-refractivity contribution in [1.82, 2.24) is 30.2 Å². The van der Waals surface area contributed by atoms with Gasteiger partial charge in [-0.05, 0) is 35.0 Å². The Morgan fingerprint density at radius 3 is 2.91 bits per heavy atom. The molecule has 0 aliphatic rings. The number of hydrogen-bond donors (Lipinski definition) is 1. The molecule has 10 heteroatoms. The van der Waals surface area contributed by atoms with Gasteiger partial charge in [-0.15, -0.1) is 5.10 Å². The first-order valence-electron chi connectivity index (χ1n) is 6.32. The molecule has 116 valence electrons. The van der Waals surface area contributed by atoms with Crippen molar-refractivity contribution in [1.29, 1.82) is 0 Å². The molecule has 0 saturated carbocycles. The van der Waals surface area contributed by atoms with Crippen LogP contribution in [0.2, 0.25) is 0 Å². The van der Waals surface area contributed by atoms with Gasteiger partial charge in [0.05, 0.1) is 11.0 Å². The van der Waals surface area contributed by atoms with Crippen LogP contribution in [0.3, 0.4) is 0 Å². The Labute approximate surface area is 127 Å². The summed E-state index contributed by atoms with van der Waals surface area (Å²) in [4.78, 5) is 7.41. The minimum absolute atomic E-state index is 0.137. The fourth-order valence-corrected chi connectivity index (χ4v) is 2.81. The van der Waals surface area contributed by atoms with Crippen molar-refractivity contribution in [3.05, 3.63) is 29.6 Å². The van der Waals surface area contributed by atoms with Crippen molar-refractivity contribution in [3.63, 3.8) is 0 Å². The van der Waals surface area contributed by atoms with Gasteiger partial charge in [-0.1, -0.05) is 17.8 Å². The summed E-state index contributed by atoms with van der Waals surface area (Å²) in [6, 6.07) is 5.67. The molecule has 0 unspecified atom stereocenters. The monoisotopic (exact) mass is 328 g/mol. The van der Waals surface area contributed by atoms with Crippen molar-refractivity contribution in [3.8, 4) is 0 Å². The highest BCUT2D eigenvalue weighted by Gasteiger charge is 2.30. The molecule has 3 aromatic rings. The first kappa shape index (κ1) is 14.8. The van der Waals surface area contributed by atoms with Gasteiger partial charge in [0, 0.05) is 5.75 Å². The lowest BCUT2D eigenvalue weighted by atomic mass is 10.2. The molecule has 2 heterocycles. The molecule has 0 spiro atoms. The summed E-state index contributed by atoms with van der Waals surface area (Å²) in [7, 11) is 0. The second-order valence-electron chi connectivity index (χ2n) is 4.70. The average molecular weight is 328 g/mol. The van der Waals surface area contributed by atoms with E-state index in [-0.39, 0.29) is 5.16 Å². The largest absolute Gasteiger partial charge is 0.408 e. The number of nitrogens with one attached hydrogen (secondary N) is 1. The van der Waals surface area contributed by atoms with Gasteiger partial charge in [-0.25, -0.2) is 9.67 Å². The minimum Gasteiger partial charge on any atom is -0.342 e. The van der Waals surface area contributed by atoms with Crippen LogP contribution in [0.25, 0.3) is 11.0 Å². The van der Waals surface area contributed by atoms with Gasteiger partial charge in [0.25, 0.3) is 0 Å². The van der Waals surface area contributed by atoms with E-state index < -0.39 is 12.7 Å². The third kappa shape index (κ3) is 3.38. The molecular formula is C12H11F3N6S. The smallest absolute Gasteiger partial charge is 0.342 e. The molecule has 0 aliphatic carbocycles. The molecule has 3 rings (SSSR count). The van der Waals surface area contributed by atoms with Crippen LogP contribution in [-0.4, -0.2) is 36.4 Å². The number of tetrazole rings is 1. The fourth-order valence-electron chi connectivity index (χ4n) is 1.99. The number of H-pyrrole nitrogens is 1. The highest BCUT2D eigenvalue weighted by molar-refractivity contribution is 7.98. The van der Waals surface area contributed by atoms with E-state index in [0.29, 0.717) is 5.75 Å². The van der Waals surface area contributed by atoms with Gasteiger partial charge < -0.3 is 4.98 Å². The van der Waals surface area contributed by atoms with Crippen molar-refractivity contribution in [2.75, 3.05) is 0 Å². The van der Waals surface area contributed by atoms with Gasteiger partial charge in [0.1, 0.15) is 12.4 Å². The minimum atomic E-state index is -4.35. The van der Waals surface area contributed by atoms with E-state index in [4.69, 9.17) is 0 Å². The lowest BCUT2D eigenvalue weighted by Crippen LogP contribution is -2.19. The maximum absolute atomic E-state index is 12.4. The molecule has 0 atom stereocenters. The van der Waals surface area contributed by atoms with Gasteiger partial charge in [-0.3, -0.25) is 0 Å². The number of fused-ring (bicyclic) bond motifs is 1. The Balaban J connectivity index is 1.72. The molecule has 1 aromatic carbocycles. The first-order valence-corrected chi connectivity index (χ1v) is 7.30. The van der Waals surface area contributed by atoms with Gasteiger partial charge in [0.2, 0.25) is 5.16 Å². The number of halogens is 3. The van der Waals surface area contributed by atoms with Crippen LogP contribution in [0.15, 0.2) is 23.4 Å². The predicted octanol–water partition coefficient (Wildman–Crippen LogP) is 2.71. The Bertz CT molecular complexity index is 794. The Hall–Kier alpha value is -2.10. The summed E-state index contributed by atoms with van der Waals surface area (Å²) in [5, 5.41) is 10.4. The van der Waals surface area contributed by atoms with Gasteiger partial charge in [0.15, 0.2) is 0 Å². The number of aryl methyl sites for hydroxylation is 1. The maximum atomic E-state index is 12.4. The second-order valence-corrected chi connectivity index (χ2v) is 5.64.